The number of carbonyl (C=O) groups excluding carboxylic acids is 3. The zero-order chi connectivity index (χ0) is 37.1. The Hall–Kier alpha value is -4.39. The van der Waals surface area contributed by atoms with Gasteiger partial charge in [-0.2, -0.15) is 26.3 Å². The van der Waals surface area contributed by atoms with Crippen molar-refractivity contribution in [1.29, 1.82) is 5.41 Å². The first-order valence-electron chi connectivity index (χ1n) is 15.4. The fourth-order valence-corrected chi connectivity index (χ4v) is 6.71. The number of nitrogens with zero attached hydrogens (tertiary/aromatic N) is 4. The summed E-state index contributed by atoms with van der Waals surface area (Å²) in [6, 6.07) is 1.17. The molecule has 0 spiro atoms. The van der Waals surface area contributed by atoms with E-state index in [2.05, 4.69) is 20.4 Å². The number of imidazole rings is 1. The standard InChI is InChI=1S/C30H32F9N7O4/c1-13(44-50)20(40)24(47)43-21(14-5-7-28(34,35)8-6-14)23-41-18-4-3-15(19(31)22(18)42-23)16-9-45(26(49)27(2,32)33)10-17(16)25(48)46-11-29(36,37)30(38,39)12-46/h3-4,14,16-17,21,40,50H,5-12H2,1-2H3,(H,41,42)(H,43,47)/b40-20?,44-13-/t16-,17-,21-/m0/s1. The number of rotatable bonds is 8. The summed E-state index contributed by atoms with van der Waals surface area (Å²) in [6.07, 6.45) is -1.32. The van der Waals surface area contributed by atoms with E-state index in [4.69, 9.17) is 10.6 Å². The van der Waals surface area contributed by atoms with Gasteiger partial charge in [-0.15, -0.1) is 0 Å². The van der Waals surface area contributed by atoms with Crippen molar-refractivity contribution in [3.05, 3.63) is 29.3 Å². The lowest BCUT2D eigenvalue weighted by atomic mass is 9.81. The van der Waals surface area contributed by atoms with Crippen LogP contribution < -0.4 is 5.32 Å². The minimum Gasteiger partial charge on any atom is -0.411 e. The maximum Gasteiger partial charge on any atom is 0.329 e. The number of hydrogen-bond acceptors (Lipinski definition) is 7. The number of halogens is 9. The van der Waals surface area contributed by atoms with Gasteiger partial charge >= 0.3 is 17.8 Å². The smallest absolute Gasteiger partial charge is 0.329 e. The molecule has 2 aliphatic heterocycles. The SMILES string of the molecule is C/C(=N/O)C(=N)C(=O)N[C@H](c1nc2c(F)c([C@@H]3CN(C(=O)C(C)(F)F)C[C@@H]3C(=O)N3CC(F)(F)C(F)(F)C3)ccc2[nH]1)C1CCC(F)(F)CC1. The van der Waals surface area contributed by atoms with E-state index in [9.17, 15) is 49.5 Å². The molecule has 20 heteroatoms. The Labute approximate surface area is 277 Å². The van der Waals surface area contributed by atoms with Crippen LogP contribution in [0.1, 0.15) is 62.9 Å². The van der Waals surface area contributed by atoms with Crippen LogP contribution in [0.4, 0.5) is 39.5 Å². The fourth-order valence-electron chi connectivity index (χ4n) is 6.71. The van der Waals surface area contributed by atoms with Gasteiger partial charge in [0.15, 0.2) is 5.82 Å². The molecule has 274 valence electrons. The summed E-state index contributed by atoms with van der Waals surface area (Å²) in [5.74, 6) is -25.4. The minimum absolute atomic E-state index is 0.0162. The number of nitrogens with one attached hydrogen (secondary N) is 3. The molecule has 1 aromatic carbocycles. The normalized spacial score (nSPS) is 24.4. The summed E-state index contributed by atoms with van der Waals surface area (Å²) in [5, 5.41) is 22.2. The number of benzene rings is 1. The molecule has 3 amide bonds. The molecule has 1 aromatic heterocycles. The second-order valence-corrected chi connectivity index (χ2v) is 13.1. The molecule has 4 N–H and O–H groups in total. The molecule has 0 radical (unpaired) electrons. The van der Waals surface area contributed by atoms with Crippen LogP contribution in [0.25, 0.3) is 11.0 Å². The zero-order valence-electron chi connectivity index (χ0n) is 26.5. The van der Waals surface area contributed by atoms with Crippen LogP contribution in [0.5, 0.6) is 0 Å². The molecular formula is C30H32F9N7O4. The molecule has 11 nitrogen and oxygen atoms in total. The molecule has 3 aliphatic rings. The van der Waals surface area contributed by atoms with Crippen molar-refractivity contribution in [2.45, 2.75) is 75.2 Å². The summed E-state index contributed by atoms with van der Waals surface area (Å²) in [6.45, 7) is -3.46. The molecule has 0 bridgehead atoms. The van der Waals surface area contributed by atoms with E-state index in [0.29, 0.717) is 4.90 Å². The van der Waals surface area contributed by atoms with Crippen LogP contribution in [0.3, 0.4) is 0 Å². The van der Waals surface area contributed by atoms with Crippen LogP contribution in [-0.4, -0.2) is 104 Å². The molecule has 0 unspecified atom stereocenters. The lowest BCUT2D eigenvalue weighted by Crippen LogP contribution is -2.42. The van der Waals surface area contributed by atoms with Gasteiger partial charge in [0.1, 0.15) is 22.8 Å². The lowest BCUT2D eigenvalue weighted by molar-refractivity contribution is -0.172. The highest BCUT2D eigenvalue weighted by atomic mass is 19.3. The molecule has 2 aromatic rings. The van der Waals surface area contributed by atoms with Gasteiger partial charge in [0.25, 0.3) is 11.8 Å². The van der Waals surface area contributed by atoms with Gasteiger partial charge in [-0.25, -0.2) is 18.2 Å². The molecule has 50 heavy (non-hydrogen) atoms. The summed E-state index contributed by atoms with van der Waals surface area (Å²) >= 11 is 0. The van der Waals surface area contributed by atoms with E-state index in [0.717, 1.165) is 13.0 Å². The van der Waals surface area contributed by atoms with E-state index >= 15 is 4.39 Å². The molecule has 1 saturated carbocycles. The topological polar surface area (TPSA) is 155 Å². The molecule has 2 saturated heterocycles. The van der Waals surface area contributed by atoms with Crippen LogP contribution >= 0.6 is 0 Å². The third kappa shape index (κ3) is 6.84. The predicted octanol–water partition coefficient (Wildman–Crippen LogP) is 4.86. The second-order valence-electron chi connectivity index (χ2n) is 13.1. The fraction of sp³-hybridized carbons (Fsp3) is 0.600. The Bertz CT molecular complexity index is 1720. The highest BCUT2D eigenvalue weighted by molar-refractivity contribution is 6.65. The minimum atomic E-state index is -4.60. The van der Waals surface area contributed by atoms with Crippen molar-refractivity contribution >= 4 is 40.2 Å². The number of aromatic nitrogens is 2. The highest BCUT2D eigenvalue weighted by Gasteiger charge is 2.64. The molecule has 3 heterocycles. The van der Waals surface area contributed by atoms with Crippen LogP contribution in [0.2, 0.25) is 0 Å². The second kappa shape index (κ2) is 12.7. The Morgan fingerprint density at radius 1 is 1.06 bits per heavy atom. The van der Waals surface area contributed by atoms with Crippen LogP contribution in [-0.2, 0) is 14.4 Å². The number of alkyl halides is 8. The van der Waals surface area contributed by atoms with E-state index < -0.39 is 121 Å². The first kappa shape index (κ1) is 36.9. The van der Waals surface area contributed by atoms with Crippen LogP contribution in [0.15, 0.2) is 17.3 Å². The quantitative estimate of drug-likeness (QED) is 0.133. The zero-order valence-corrected chi connectivity index (χ0v) is 26.5. The van der Waals surface area contributed by atoms with Crippen molar-refractivity contribution in [2.24, 2.45) is 17.0 Å². The van der Waals surface area contributed by atoms with Crippen molar-refractivity contribution in [3.8, 4) is 0 Å². The summed E-state index contributed by atoms with van der Waals surface area (Å²) < 4.78 is 128. The van der Waals surface area contributed by atoms with Crippen molar-refractivity contribution in [1.82, 2.24) is 25.1 Å². The average Bonchev–Trinajstić information content (AvgIpc) is 3.72. The van der Waals surface area contributed by atoms with Crippen molar-refractivity contribution in [2.75, 3.05) is 26.2 Å². The molecule has 3 fully saturated rings. The molecule has 5 rings (SSSR count). The maximum absolute atomic E-state index is 16.3. The number of H-pyrrole nitrogens is 1. The molecular weight excluding hydrogens is 693 g/mol. The highest BCUT2D eigenvalue weighted by Crippen LogP contribution is 2.45. The monoisotopic (exact) mass is 725 g/mol. The summed E-state index contributed by atoms with van der Waals surface area (Å²) in [7, 11) is 0. The molecule has 1 aliphatic carbocycles. The lowest BCUT2D eigenvalue weighted by Gasteiger charge is -2.33. The van der Waals surface area contributed by atoms with Gasteiger partial charge in [-0.1, -0.05) is 11.2 Å². The number of hydrogen-bond donors (Lipinski definition) is 4. The summed E-state index contributed by atoms with van der Waals surface area (Å²) in [4.78, 5) is 46.4. The number of likely N-dealkylation sites (tertiary alicyclic amines) is 2. The maximum atomic E-state index is 16.3. The Morgan fingerprint density at radius 2 is 1.66 bits per heavy atom. The number of amides is 3. The van der Waals surface area contributed by atoms with Gasteiger partial charge in [0, 0.05) is 38.8 Å². The van der Waals surface area contributed by atoms with E-state index in [1.807, 2.05) is 0 Å². The average molecular weight is 726 g/mol. The van der Waals surface area contributed by atoms with Gasteiger partial charge in [0.05, 0.1) is 30.6 Å². The summed E-state index contributed by atoms with van der Waals surface area (Å²) in [5.41, 5.74) is -1.96. The number of oxime groups is 1. The van der Waals surface area contributed by atoms with Gasteiger partial charge < -0.3 is 25.3 Å². The predicted molar refractivity (Wildman–Crippen MR) is 156 cm³/mol. The first-order valence-corrected chi connectivity index (χ1v) is 15.4. The van der Waals surface area contributed by atoms with E-state index in [1.165, 1.54) is 6.07 Å². The first-order chi connectivity index (χ1) is 23.1. The number of aromatic amines is 1. The number of fused-ring (bicyclic) bond motifs is 1. The van der Waals surface area contributed by atoms with Gasteiger partial charge in [0.2, 0.25) is 11.8 Å². The van der Waals surface area contributed by atoms with E-state index in [1.54, 1.807) is 0 Å². The number of carbonyl (C=O) groups is 3. The van der Waals surface area contributed by atoms with Crippen LogP contribution in [0, 0.1) is 23.1 Å². The Balaban J connectivity index is 1.52. The molecule has 3 atom stereocenters. The third-order valence-corrected chi connectivity index (χ3v) is 9.52. The Kier molecular flexibility index (Phi) is 9.40. The third-order valence-electron chi connectivity index (χ3n) is 9.52. The Morgan fingerprint density at radius 3 is 2.22 bits per heavy atom. The van der Waals surface area contributed by atoms with Crippen molar-refractivity contribution in [3.63, 3.8) is 0 Å². The largest absolute Gasteiger partial charge is 0.411 e. The van der Waals surface area contributed by atoms with Gasteiger partial charge in [-0.05, 0) is 37.3 Å². The van der Waals surface area contributed by atoms with E-state index in [-0.39, 0.29) is 47.3 Å². The van der Waals surface area contributed by atoms with Gasteiger partial charge in [-0.3, -0.25) is 19.8 Å². The van der Waals surface area contributed by atoms with Crippen molar-refractivity contribution < 1.29 is 59.1 Å².